The molecule has 1 aromatic carbocycles. The van der Waals surface area contributed by atoms with Crippen LogP contribution in [0.25, 0.3) is 10.6 Å². The largest absolute Gasteiger partial charge is 0.312 e. The number of hydrogen-bond donors (Lipinski definition) is 1. The Kier molecular flexibility index (Phi) is 5.94. The van der Waals surface area contributed by atoms with E-state index in [0.29, 0.717) is 0 Å². The lowest BCUT2D eigenvalue weighted by Gasteiger charge is -2.20. The fourth-order valence-electron chi connectivity index (χ4n) is 1.83. The van der Waals surface area contributed by atoms with Crippen LogP contribution in [0.3, 0.4) is 0 Å². The Hall–Kier alpha value is -0.300. The average Bonchev–Trinajstić information content (AvgIpc) is 2.82. The van der Waals surface area contributed by atoms with Crippen molar-refractivity contribution in [3.8, 4) is 10.6 Å². The molecule has 0 saturated carbocycles. The topological polar surface area (TPSA) is 37.8 Å². The van der Waals surface area contributed by atoms with Crippen LogP contribution in [0, 0.1) is 0 Å². The lowest BCUT2D eigenvalue weighted by atomic mass is 10.1. The third-order valence-corrected chi connectivity index (χ3v) is 5.02. The second-order valence-electron chi connectivity index (χ2n) is 5.91. The summed E-state index contributed by atoms with van der Waals surface area (Å²) >= 11 is 8.71. The van der Waals surface area contributed by atoms with Gasteiger partial charge in [0.15, 0.2) is 0 Å². The number of nitrogens with one attached hydrogen (secondary N) is 1. The number of nitrogens with zero attached hydrogens (tertiary/aromatic N) is 2. The molecule has 0 aliphatic heterocycles. The van der Waals surface area contributed by atoms with Gasteiger partial charge in [-0.3, -0.25) is 0 Å². The molecular weight excluding hydrogens is 414 g/mol. The lowest BCUT2D eigenvalue weighted by Crippen LogP contribution is -2.36. The van der Waals surface area contributed by atoms with Gasteiger partial charge in [0.1, 0.15) is 10.0 Å². The third-order valence-electron chi connectivity index (χ3n) is 2.85. The number of rotatable bonds is 5. The highest BCUT2D eigenvalue weighted by Gasteiger charge is 2.11. The Morgan fingerprint density at radius 1 is 1.19 bits per heavy atom. The predicted octanol–water partition coefficient (Wildman–Crippen LogP) is 5.05. The third kappa shape index (κ3) is 5.43. The Morgan fingerprint density at radius 3 is 2.62 bits per heavy atom. The summed E-state index contributed by atoms with van der Waals surface area (Å²) in [4.78, 5) is 0. The average molecular weight is 433 g/mol. The van der Waals surface area contributed by atoms with Crippen molar-refractivity contribution in [3.05, 3.63) is 32.2 Å². The fraction of sp³-hybridized carbons (Fsp3) is 0.467. The first kappa shape index (κ1) is 17.1. The van der Waals surface area contributed by atoms with Crippen molar-refractivity contribution in [3.63, 3.8) is 0 Å². The monoisotopic (exact) mass is 431 g/mol. The van der Waals surface area contributed by atoms with Crippen LogP contribution >= 0.6 is 43.2 Å². The minimum absolute atomic E-state index is 0.175. The number of benzene rings is 1. The van der Waals surface area contributed by atoms with E-state index in [1.807, 2.05) is 12.1 Å². The molecule has 1 N–H and O–H groups in total. The smallest absolute Gasteiger partial charge is 0.148 e. The van der Waals surface area contributed by atoms with Crippen LogP contribution in [0.2, 0.25) is 0 Å². The molecule has 21 heavy (non-hydrogen) atoms. The van der Waals surface area contributed by atoms with Gasteiger partial charge in [0.05, 0.1) is 0 Å². The maximum atomic E-state index is 4.31. The Morgan fingerprint density at radius 2 is 1.95 bits per heavy atom. The standard InChI is InChI=1S/C15H19Br2N3S/c1-15(2,3)18-8-4-5-13-19-20-14(21-13)11-7-6-10(16)9-12(11)17/h6-7,9,18H,4-5,8H2,1-3H3. The van der Waals surface area contributed by atoms with Gasteiger partial charge in [-0.15, -0.1) is 10.2 Å². The van der Waals surface area contributed by atoms with Crippen molar-refractivity contribution in [2.75, 3.05) is 6.54 Å². The molecule has 2 aromatic rings. The van der Waals surface area contributed by atoms with Gasteiger partial charge in [-0.05, 0) is 51.9 Å². The Bertz CT molecular complexity index is 605. The highest BCUT2D eigenvalue weighted by Crippen LogP contribution is 2.32. The van der Waals surface area contributed by atoms with E-state index in [0.717, 1.165) is 43.9 Å². The van der Waals surface area contributed by atoms with E-state index in [4.69, 9.17) is 0 Å². The SMILES string of the molecule is CC(C)(C)NCCCc1nnc(-c2ccc(Br)cc2Br)s1. The number of aryl methyl sites for hydroxylation is 1. The van der Waals surface area contributed by atoms with Gasteiger partial charge in [0.2, 0.25) is 0 Å². The molecule has 114 valence electrons. The number of aromatic nitrogens is 2. The molecule has 0 saturated heterocycles. The van der Waals surface area contributed by atoms with Crippen LogP contribution in [0.1, 0.15) is 32.2 Å². The van der Waals surface area contributed by atoms with Crippen molar-refractivity contribution >= 4 is 43.2 Å². The summed E-state index contributed by atoms with van der Waals surface area (Å²) in [6, 6.07) is 6.11. The van der Waals surface area contributed by atoms with Crippen LogP contribution in [-0.4, -0.2) is 22.3 Å². The molecule has 0 spiro atoms. The highest BCUT2D eigenvalue weighted by molar-refractivity contribution is 9.11. The van der Waals surface area contributed by atoms with Crippen LogP contribution in [0.15, 0.2) is 27.1 Å². The first-order valence-electron chi connectivity index (χ1n) is 6.88. The Balaban J connectivity index is 1.95. The van der Waals surface area contributed by atoms with Crippen LogP contribution in [-0.2, 0) is 6.42 Å². The van der Waals surface area contributed by atoms with Crippen molar-refractivity contribution < 1.29 is 0 Å². The van der Waals surface area contributed by atoms with Gasteiger partial charge in [-0.1, -0.05) is 43.2 Å². The molecule has 0 atom stereocenters. The first-order chi connectivity index (χ1) is 9.85. The summed E-state index contributed by atoms with van der Waals surface area (Å²) < 4.78 is 2.09. The molecule has 0 fully saturated rings. The summed E-state index contributed by atoms with van der Waals surface area (Å²) in [6.07, 6.45) is 2.04. The molecule has 3 nitrogen and oxygen atoms in total. The summed E-state index contributed by atoms with van der Waals surface area (Å²) in [5.41, 5.74) is 1.27. The van der Waals surface area contributed by atoms with Crippen LogP contribution < -0.4 is 5.32 Å². The molecule has 0 unspecified atom stereocenters. The fourth-order valence-corrected chi connectivity index (χ4v) is 4.12. The zero-order valence-corrected chi connectivity index (χ0v) is 16.4. The van der Waals surface area contributed by atoms with Crippen molar-refractivity contribution in [1.29, 1.82) is 0 Å². The number of halogens is 2. The summed E-state index contributed by atoms with van der Waals surface area (Å²) in [5, 5.41) is 14.2. The quantitative estimate of drug-likeness (QED) is 0.671. The second-order valence-corrected chi connectivity index (χ2v) is 8.74. The molecule has 0 amide bonds. The Labute approximate surface area is 146 Å². The summed E-state index contributed by atoms with van der Waals surface area (Å²) in [7, 11) is 0. The van der Waals surface area contributed by atoms with E-state index in [-0.39, 0.29) is 5.54 Å². The maximum absolute atomic E-state index is 4.31. The minimum Gasteiger partial charge on any atom is -0.312 e. The van der Waals surface area contributed by atoms with Gasteiger partial charge < -0.3 is 5.32 Å². The van der Waals surface area contributed by atoms with E-state index < -0.39 is 0 Å². The zero-order valence-electron chi connectivity index (χ0n) is 12.4. The number of hydrogen-bond acceptors (Lipinski definition) is 4. The lowest BCUT2D eigenvalue weighted by molar-refractivity contribution is 0.422. The highest BCUT2D eigenvalue weighted by atomic mass is 79.9. The molecule has 0 aliphatic rings. The van der Waals surface area contributed by atoms with E-state index >= 15 is 0 Å². The van der Waals surface area contributed by atoms with Crippen molar-refractivity contribution in [2.24, 2.45) is 0 Å². The molecule has 0 radical (unpaired) electrons. The normalized spacial score (nSPS) is 11.9. The van der Waals surface area contributed by atoms with Gasteiger partial charge in [0.25, 0.3) is 0 Å². The molecule has 1 heterocycles. The van der Waals surface area contributed by atoms with Crippen LogP contribution in [0.4, 0.5) is 0 Å². The van der Waals surface area contributed by atoms with E-state index in [9.17, 15) is 0 Å². The molecule has 1 aromatic heterocycles. The second kappa shape index (κ2) is 7.31. The van der Waals surface area contributed by atoms with Crippen molar-refractivity contribution in [1.82, 2.24) is 15.5 Å². The molecule has 0 bridgehead atoms. The van der Waals surface area contributed by atoms with Crippen LogP contribution in [0.5, 0.6) is 0 Å². The van der Waals surface area contributed by atoms with Gasteiger partial charge in [-0.25, -0.2) is 0 Å². The van der Waals surface area contributed by atoms with E-state index in [1.165, 1.54) is 0 Å². The maximum Gasteiger partial charge on any atom is 0.148 e. The molecule has 6 heteroatoms. The van der Waals surface area contributed by atoms with Crippen molar-refractivity contribution in [2.45, 2.75) is 39.2 Å². The van der Waals surface area contributed by atoms with Gasteiger partial charge in [0, 0.05) is 26.5 Å². The predicted molar refractivity (Wildman–Crippen MR) is 96.8 cm³/mol. The molecular formula is C15H19Br2N3S. The molecule has 2 rings (SSSR count). The van der Waals surface area contributed by atoms with E-state index in [1.54, 1.807) is 11.3 Å². The van der Waals surface area contributed by atoms with Gasteiger partial charge in [-0.2, -0.15) is 0 Å². The minimum atomic E-state index is 0.175. The summed E-state index contributed by atoms with van der Waals surface area (Å²) in [5.74, 6) is 0. The molecule has 0 aliphatic carbocycles. The summed E-state index contributed by atoms with van der Waals surface area (Å²) in [6.45, 7) is 7.55. The zero-order chi connectivity index (χ0) is 15.5. The first-order valence-corrected chi connectivity index (χ1v) is 9.28. The van der Waals surface area contributed by atoms with E-state index in [2.05, 4.69) is 74.2 Å². The van der Waals surface area contributed by atoms with Gasteiger partial charge >= 0.3 is 0 Å².